The summed E-state index contributed by atoms with van der Waals surface area (Å²) in [4.78, 5) is 41.3. The van der Waals surface area contributed by atoms with Crippen molar-refractivity contribution in [3.63, 3.8) is 0 Å². The summed E-state index contributed by atoms with van der Waals surface area (Å²) >= 11 is 0. The van der Waals surface area contributed by atoms with Gasteiger partial charge in [0.05, 0.1) is 11.1 Å². The molecule has 0 aliphatic carbocycles. The van der Waals surface area contributed by atoms with E-state index >= 15 is 0 Å². The number of carbonyl (C=O) groups is 3. The summed E-state index contributed by atoms with van der Waals surface area (Å²) in [6.07, 6.45) is 3.53. The average Bonchev–Trinajstić information content (AvgIpc) is 3.26. The van der Waals surface area contributed by atoms with Gasteiger partial charge in [0.2, 0.25) is 0 Å². The van der Waals surface area contributed by atoms with Gasteiger partial charge in [-0.15, -0.1) is 12.4 Å². The molecule has 1 atom stereocenters. The van der Waals surface area contributed by atoms with Gasteiger partial charge in [-0.25, -0.2) is 0 Å². The molecule has 3 amide bonds. The molecule has 0 aromatic heterocycles. The van der Waals surface area contributed by atoms with Crippen LogP contribution in [0.1, 0.15) is 70.6 Å². The van der Waals surface area contributed by atoms with Crippen molar-refractivity contribution in [2.45, 2.75) is 45.6 Å². The van der Waals surface area contributed by atoms with E-state index in [-0.39, 0.29) is 36.2 Å². The van der Waals surface area contributed by atoms with E-state index < -0.39 is 0 Å². The maximum atomic E-state index is 13.1. The van der Waals surface area contributed by atoms with Crippen LogP contribution in [0.3, 0.4) is 0 Å². The zero-order valence-electron chi connectivity index (χ0n) is 16.0. The summed E-state index contributed by atoms with van der Waals surface area (Å²) in [6, 6.07) is 5.11. The van der Waals surface area contributed by atoms with E-state index in [9.17, 15) is 14.4 Å². The van der Waals surface area contributed by atoms with Crippen LogP contribution in [0.4, 0.5) is 0 Å². The molecule has 1 N–H and O–H groups in total. The maximum absolute atomic E-state index is 13.1. The predicted octanol–water partition coefficient (Wildman–Crippen LogP) is 2.72. The van der Waals surface area contributed by atoms with Gasteiger partial charge in [-0.05, 0) is 44.0 Å². The lowest BCUT2D eigenvalue weighted by Gasteiger charge is -2.28. The molecular weight excluding hydrogens is 366 g/mol. The molecule has 0 bridgehead atoms. The minimum Gasteiger partial charge on any atom is -0.334 e. The summed E-state index contributed by atoms with van der Waals surface area (Å²) in [5.41, 5.74) is 1.26. The molecule has 1 aromatic rings. The Labute approximate surface area is 166 Å². The molecule has 3 rings (SSSR count). The Kier molecular flexibility index (Phi) is 7.39. The molecule has 2 aliphatic heterocycles. The number of hydrogen-bond donors (Lipinski definition) is 1. The maximum Gasteiger partial charge on any atom is 0.261 e. The fraction of sp³-hybridized carbons (Fsp3) is 0.550. The van der Waals surface area contributed by atoms with Crippen LogP contribution in [0.5, 0.6) is 0 Å². The van der Waals surface area contributed by atoms with Crippen molar-refractivity contribution in [3.8, 4) is 0 Å². The number of halogens is 1. The Hall–Kier alpha value is -1.92. The second-order valence-electron chi connectivity index (χ2n) is 7.02. The number of fused-ring (bicyclic) bond motifs is 1. The van der Waals surface area contributed by atoms with Gasteiger partial charge in [-0.3, -0.25) is 19.3 Å². The highest BCUT2D eigenvalue weighted by atomic mass is 35.5. The second-order valence-corrected chi connectivity index (χ2v) is 7.02. The predicted molar refractivity (Wildman–Crippen MR) is 107 cm³/mol. The number of carbonyl (C=O) groups excluding carboxylic acids is 3. The van der Waals surface area contributed by atoms with Crippen molar-refractivity contribution in [3.05, 3.63) is 34.9 Å². The summed E-state index contributed by atoms with van der Waals surface area (Å²) in [6.45, 7) is 6.93. The molecule has 148 valence electrons. The molecule has 2 aliphatic rings. The van der Waals surface area contributed by atoms with Gasteiger partial charge < -0.3 is 10.2 Å². The van der Waals surface area contributed by atoms with E-state index in [1.54, 1.807) is 18.2 Å². The minimum atomic E-state index is -0.280. The van der Waals surface area contributed by atoms with E-state index in [1.165, 1.54) is 4.90 Å². The Bertz CT molecular complexity index is 716. The van der Waals surface area contributed by atoms with Crippen LogP contribution in [0.15, 0.2) is 18.2 Å². The summed E-state index contributed by atoms with van der Waals surface area (Å²) < 4.78 is 0. The topological polar surface area (TPSA) is 69.7 Å². The first-order chi connectivity index (χ1) is 12.6. The summed E-state index contributed by atoms with van der Waals surface area (Å²) in [5, 5.41) is 3.30. The number of unbranched alkanes of at least 4 members (excludes halogenated alkanes) is 1. The van der Waals surface area contributed by atoms with Crippen molar-refractivity contribution < 1.29 is 14.4 Å². The smallest absolute Gasteiger partial charge is 0.261 e. The number of hydrogen-bond acceptors (Lipinski definition) is 4. The summed E-state index contributed by atoms with van der Waals surface area (Å²) in [5.74, 6) is -0.587. The zero-order chi connectivity index (χ0) is 18.7. The van der Waals surface area contributed by atoms with Gasteiger partial charge in [0.15, 0.2) is 0 Å². The quantitative estimate of drug-likeness (QED) is 0.723. The van der Waals surface area contributed by atoms with Crippen molar-refractivity contribution in [2.24, 2.45) is 0 Å². The van der Waals surface area contributed by atoms with Crippen LogP contribution in [0.2, 0.25) is 0 Å². The lowest BCUT2D eigenvalue weighted by molar-refractivity contribution is 0.0651. The highest BCUT2D eigenvalue weighted by molar-refractivity contribution is 6.22. The molecule has 7 heteroatoms. The fourth-order valence-corrected chi connectivity index (χ4v) is 3.71. The van der Waals surface area contributed by atoms with Gasteiger partial charge in [0.25, 0.3) is 17.7 Å². The second kappa shape index (κ2) is 9.33. The zero-order valence-corrected chi connectivity index (χ0v) is 16.8. The Morgan fingerprint density at radius 3 is 2.56 bits per heavy atom. The molecule has 1 fully saturated rings. The van der Waals surface area contributed by atoms with Crippen LogP contribution in [-0.2, 0) is 0 Å². The Balaban J connectivity index is 0.00000261. The van der Waals surface area contributed by atoms with E-state index in [2.05, 4.69) is 12.2 Å². The molecule has 2 heterocycles. The number of rotatable bonds is 7. The third kappa shape index (κ3) is 4.17. The number of imide groups is 1. The third-order valence-corrected chi connectivity index (χ3v) is 5.15. The van der Waals surface area contributed by atoms with Crippen molar-refractivity contribution in [1.82, 2.24) is 15.1 Å². The number of amides is 3. The molecule has 0 spiro atoms. The number of nitrogens with one attached hydrogen (secondary N) is 1. The largest absolute Gasteiger partial charge is 0.334 e. The van der Waals surface area contributed by atoms with Crippen molar-refractivity contribution in [2.75, 3.05) is 26.2 Å². The molecule has 27 heavy (non-hydrogen) atoms. The molecule has 0 saturated carbocycles. The highest BCUT2D eigenvalue weighted by Gasteiger charge is 2.36. The van der Waals surface area contributed by atoms with E-state index in [1.807, 2.05) is 11.8 Å². The molecule has 1 aromatic carbocycles. The monoisotopic (exact) mass is 393 g/mol. The van der Waals surface area contributed by atoms with E-state index in [0.717, 1.165) is 38.8 Å². The first-order valence-electron chi connectivity index (χ1n) is 9.60. The average molecular weight is 394 g/mol. The lowest BCUT2D eigenvalue weighted by atomic mass is 10.0. The summed E-state index contributed by atoms with van der Waals surface area (Å²) in [7, 11) is 0. The lowest BCUT2D eigenvalue weighted by Crippen LogP contribution is -2.42. The van der Waals surface area contributed by atoms with Gasteiger partial charge in [0, 0.05) is 31.2 Å². The van der Waals surface area contributed by atoms with Gasteiger partial charge in [-0.2, -0.15) is 0 Å². The Morgan fingerprint density at radius 2 is 1.93 bits per heavy atom. The first kappa shape index (κ1) is 21.4. The molecule has 6 nitrogen and oxygen atoms in total. The normalized spacial score (nSPS) is 18.4. The van der Waals surface area contributed by atoms with Gasteiger partial charge >= 0.3 is 0 Å². The van der Waals surface area contributed by atoms with Crippen molar-refractivity contribution in [1.29, 1.82) is 0 Å². The molecule has 1 saturated heterocycles. The molecule has 0 radical (unpaired) electrons. The van der Waals surface area contributed by atoms with E-state index in [0.29, 0.717) is 29.8 Å². The number of benzene rings is 1. The third-order valence-electron chi connectivity index (χ3n) is 5.15. The molecular formula is C20H28ClN3O3. The van der Waals surface area contributed by atoms with Gasteiger partial charge in [-0.1, -0.05) is 20.3 Å². The van der Waals surface area contributed by atoms with Crippen LogP contribution >= 0.6 is 12.4 Å². The van der Waals surface area contributed by atoms with E-state index in [4.69, 9.17) is 0 Å². The number of nitrogens with zero attached hydrogens (tertiary/aromatic N) is 2. The fourth-order valence-electron chi connectivity index (χ4n) is 3.71. The van der Waals surface area contributed by atoms with Crippen LogP contribution in [0, 0.1) is 0 Å². The van der Waals surface area contributed by atoms with Crippen LogP contribution < -0.4 is 5.32 Å². The van der Waals surface area contributed by atoms with Crippen LogP contribution in [-0.4, -0.2) is 59.7 Å². The Morgan fingerprint density at radius 1 is 1.19 bits per heavy atom. The highest BCUT2D eigenvalue weighted by Crippen LogP contribution is 2.25. The molecule has 1 unspecified atom stereocenters. The minimum absolute atomic E-state index is 0. The first-order valence-corrected chi connectivity index (χ1v) is 9.60. The van der Waals surface area contributed by atoms with Crippen LogP contribution in [0.25, 0.3) is 0 Å². The van der Waals surface area contributed by atoms with Crippen molar-refractivity contribution >= 4 is 30.1 Å². The SMILES string of the molecule is CCCCN1C(=O)c2ccc(C(=O)N(CCC)C3CCNC3)cc2C1=O.Cl. The standard InChI is InChI=1S/C20H27N3O3.ClH/c1-3-5-11-23-19(25)16-7-6-14(12-17(16)20(23)26)18(24)22(10-4-2)15-8-9-21-13-15;/h6-7,12,15,21H,3-5,8-11,13H2,1-2H3;1H. The van der Waals surface area contributed by atoms with Gasteiger partial charge in [0.1, 0.15) is 0 Å².